The predicted molar refractivity (Wildman–Crippen MR) is 51.8 cm³/mol. The first kappa shape index (κ1) is 9.92. The molecule has 0 radical (unpaired) electrons. The average Bonchev–Trinajstić information content (AvgIpc) is 2.87. The van der Waals surface area contributed by atoms with Gasteiger partial charge in [0.05, 0.1) is 17.7 Å². The highest BCUT2D eigenvalue weighted by atomic mass is 16.4. The molecule has 0 aliphatic heterocycles. The first-order valence-electron chi connectivity index (χ1n) is 4.66. The van der Waals surface area contributed by atoms with E-state index in [4.69, 9.17) is 5.11 Å². The van der Waals surface area contributed by atoms with Crippen LogP contribution in [0.15, 0.2) is 23.1 Å². The summed E-state index contributed by atoms with van der Waals surface area (Å²) in [6, 6.07) is 2.47. The van der Waals surface area contributed by atoms with E-state index < -0.39 is 11.6 Å². The van der Waals surface area contributed by atoms with Crippen molar-refractivity contribution in [3.8, 4) is 0 Å². The summed E-state index contributed by atoms with van der Waals surface area (Å²) < 4.78 is 1.25. The van der Waals surface area contributed by atoms with E-state index >= 15 is 0 Å². The smallest absolute Gasteiger partial charge is 0.337 e. The fraction of sp³-hybridized carbons (Fsp3) is 0.400. The monoisotopic (exact) mass is 209 g/mol. The zero-order valence-electron chi connectivity index (χ0n) is 8.01. The molecule has 2 rings (SSSR count). The maximum Gasteiger partial charge on any atom is 0.337 e. The molecule has 0 bridgehead atoms. The number of carboxylic acid groups (broad SMARTS) is 1. The number of pyridine rings is 1. The van der Waals surface area contributed by atoms with Crippen LogP contribution in [0.5, 0.6) is 0 Å². The summed E-state index contributed by atoms with van der Waals surface area (Å²) in [5, 5.41) is 18.4. The van der Waals surface area contributed by atoms with Crippen molar-refractivity contribution in [2.45, 2.75) is 25.0 Å². The molecular weight excluding hydrogens is 198 g/mol. The minimum Gasteiger partial charge on any atom is -0.478 e. The lowest BCUT2D eigenvalue weighted by Crippen LogP contribution is -2.27. The van der Waals surface area contributed by atoms with Crippen LogP contribution in [-0.4, -0.2) is 26.4 Å². The highest BCUT2D eigenvalue weighted by molar-refractivity contribution is 5.87. The first-order chi connectivity index (χ1) is 7.00. The van der Waals surface area contributed by atoms with Crippen LogP contribution in [0.4, 0.5) is 0 Å². The molecule has 0 atom stereocenters. The molecule has 0 saturated heterocycles. The van der Waals surface area contributed by atoms with Gasteiger partial charge in [-0.2, -0.15) is 0 Å². The Bertz CT molecular complexity index is 459. The largest absolute Gasteiger partial charge is 0.478 e. The fourth-order valence-corrected chi connectivity index (χ4v) is 1.40. The van der Waals surface area contributed by atoms with E-state index in [1.807, 2.05) is 0 Å². The molecule has 1 aromatic rings. The van der Waals surface area contributed by atoms with Crippen molar-refractivity contribution < 1.29 is 15.0 Å². The Balaban J connectivity index is 2.32. The topological polar surface area (TPSA) is 79.5 Å². The number of rotatable bonds is 3. The van der Waals surface area contributed by atoms with Crippen molar-refractivity contribution in [3.05, 3.63) is 34.2 Å². The van der Waals surface area contributed by atoms with Gasteiger partial charge in [-0.15, -0.1) is 0 Å². The second-order valence-electron chi connectivity index (χ2n) is 3.91. The molecule has 1 aliphatic rings. The highest BCUT2D eigenvalue weighted by Gasteiger charge is 2.40. The Morgan fingerprint density at radius 1 is 1.47 bits per heavy atom. The molecule has 0 aromatic carbocycles. The second-order valence-corrected chi connectivity index (χ2v) is 3.91. The maximum absolute atomic E-state index is 11.4. The lowest BCUT2D eigenvalue weighted by atomic mass is 10.2. The van der Waals surface area contributed by atoms with E-state index in [2.05, 4.69) is 0 Å². The molecular formula is C10H11NO4. The standard InChI is InChI=1S/C10H11NO4/c12-8-2-1-7(9(13)14)5-11(8)6-10(15)3-4-10/h1-2,5,15H,3-4,6H2,(H,13,14). The summed E-state index contributed by atoms with van der Waals surface area (Å²) in [5.41, 5.74) is -1.04. The number of aromatic nitrogens is 1. The van der Waals surface area contributed by atoms with Crippen molar-refractivity contribution in [3.63, 3.8) is 0 Å². The summed E-state index contributed by atoms with van der Waals surface area (Å²) in [7, 11) is 0. The highest BCUT2D eigenvalue weighted by Crippen LogP contribution is 2.36. The quantitative estimate of drug-likeness (QED) is 0.738. The van der Waals surface area contributed by atoms with Crippen LogP contribution in [0.2, 0.25) is 0 Å². The Labute approximate surface area is 85.6 Å². The third-order valence-corrected chi connectivity index (χ3v) is 2.52. The van der Waals surface area contributed by atoms with Crippen molar-refractivity contribution in [1.29, 1.82) is 0 Å². The van der Waals surface area contributed by atoms with E-state index in [1.54, 1.807) is 0 Å². The minimum atomic E-state index is -1.08. The van der Waals surface area contributed by atoms with Crippen LogP contribution in [0, 0.1) is 0 Å². The third-order valence-electron chi connectivity index (χ3n) is 2.52. The molecule has 1 aromatic heterocycles. The number of carbonyl (C=O) groups is 1. The lowest BCUT2D eigenvalue weighted by molar-refractivity contribution is 0.0694. The van der Waals surface area contributed by atoms with Gasteiger partial charge in [0.1, 0.15) is 0 Å². The van der Waals surface area contributed by atoms with E-state index in [-0.39, 0.29) is 17.7 Å². The maximum atomic E-state index is 11.4. The number of aliphatic hydroxyl groups is 1. The Morgan fingerprint density at radius 3 is 2.67 bits per heavy atom. The predicted octanol–water partition coefficient (Wildman–Crippen LogP) is 0.0714. The SMILES string of the molecule is O=C(O)c1ccc(=O)n(CC2(O)CC2)c1. The zero-order valence-corrected chi connectivity index (χ0v) is 8.01. The average molecular weight is 209 g/mol. The lowest BCUT2D eigenvalue weighted by Gasteiger charge is -2.10. The molecule has 80 valence electrons. The van der Waals surface area contributed by atoms with Gasteiger partial charge in [0.15, 0.2) is 0 Å². The van der Waals surface area contributed by atoms with Crippen LogP contribution in [-0.2, 0) is 6.54 Å². The molecule has 2 N–H and O–H groups in total. The first-order valence-corrected chi connectivity index (χ1v) is 4.66. The number of hydrogen-bond donors (Lipinski definition) is 2. The van der Waals surface area contributed by atoms with Gasteiger partial charge in [0.25, 0.3) is 5.56 Å². The van der Waals surface area contributed by atoms with Gasteiger partial charge in [-0.1, -0.05) is 0 Å². The van der Waals surface area contributed by atoms with Gasteiger partial charge in [-0.25, -0.2) is 4.79 Å². The summed E-state index contributed by atoms with van der Waals surface area (Å²) in [6.07, 6.45) is 2.59. The van der Waals surface area contributed by atoms with E-state index in [0.29, 0.717) is 12.8 Å². The third kappa shape index (κ3) is 2.07. The molecule has 5 nitrogen and oxygen atoms in total. The molecule has 1 saturated carbocycles. The van der Waals surface area contributed by atoms with E-state index in [9.17, 15) is 14.7 Å². The Kier molecular flexibility index (Phi) is 2.12. The zero-order chi connectivity index (χ0) is 11.1. The van der Waals surface area contributed by atoms with Crippen molar-refractivity contribution >= 4 is 5.97 Å². The summed E-state index contributed by atoms with van der Waals surface area (Å²) in [4.78, 5) is 22.0. The summed E-state index contributed by atoms with van der Waals surface area (Å²) >= 11 is 0. The van der Waals surface area contributed by atoms with Gasteiger partial charge in [-0.05, 0) is 18.9 Å². The van der Waals surface area contributed by atoms with Crippen LogP contribution in [0.3, 0.4) is 0 Å². The fourth-order valence-electron chi connectivity index (χ4n) is 1.40. The van der Waals surface area contributed by atoms with Gasteiger partial charge < -0.3 is 14.8 Å². The van der Waals surface area contributed by atoms with Crippen molar-refractivity contribution in [2.75, 3.05) is 0 Å². The Hall–Kier alpha value is -1.62. The van der Waals surface area contributed by atoms with Crippen LogP contribution >= 0.6 is 0 Å². The summed E-state index contributed by atoms with van der Waals surface area (Å²) in [5.74, 6) is -1.08. The summed E-state index contributed by atoms with van der Waals surface area (Å²) in [6.45, 7) is 0.174. The van der Waals surface area contributed by atoms with Gasteiger partial charge >= 0.3 is 5.97 Å². The molecule has 0 spiro atoms. The number of hydrogen-bond acceptors (Lipinski definition) is 3. The molecule has 1 fully saturated rings. The molecule has 1 heterocycles. The van der Waals surface area contributed by atoms with Gasteiger partial charge in [-0.3, -0.25) is 4.79 Å². The normalized spacial score (nSPS) is 17.4. The number of nitrogens with zero attached hydrogens (tertiary/aromatic N) is 1. The minimum absolute atomic E-state index is 0.0545. The van der Waals surface area contributed by atoms with Gasteiger partial charge in [0.2, 0.25) is 0 Å². The van der Waals surface area contributed by atoms with Gasteiger partial charge in [0, 0.05) is 12.3 Å². The number of aromatic carboxylic acids is 1. The van der Waals surface area contributed by atoms with Crippen LogP contribution < -0.4 is 5.56 Å². The van der Waals surface area contributed by atoms with Crippen LogP contribution in [0.1, 0.15) is 23.2 Å². The van der Waals surface area contributed by atoms with E-state index in [0.717, 1.165) is 0 Å². The molecule has 0 unspecified atom stereocenters. The second kappa shape index (κ2) is 3.20. The number of carboxylic acids is 1. The van der Waals surface area contributed by atoms with Crippen molar-refractivity contribution in [2.24, 2.45) is 0 Å². The van der Waals surface area contributed by atoms with E-state index in [1.165, 1.54) is 22.9 Å². The Morgan fingerprint density at radius 2 is 2.13 bits per heavy atom. The molecule has 0 amide bonds. The van der Waals surface area contributed by atoms with Crippen molar-refractivity contribution in [1.82, 2.24) is 4.57 Å². The molecule has 15 heavy (non-hydrogen) atoms. The molecule has 1 aliphatic carbocycles. The van der Waals surface area contributed by atoms with Crippen LogP contribution in [0.25, 0.3) is 0 Å². The molecule has 5 heteroatoms.